The first-order chi connectivity index (χ1) is 7.40. The number of hydrogen-bond acceptors (Lipinski definition) is 3. The summed E-state index contributed by atoms with van der Waals surface area (Å²) in [6, 6.07) is 0.890. The molecule has 0 aromatic heterocycles. The lowest BCUT2D eigenvalue weighted by Gasteiger charge is -2.40. The van der Waals surface area contributed by atoms with Crippen molar-refractivity contribution in [3.8, 4) is 0 Å². The van der Waals surface area contributed by atoms with Crippen LogP contribution in [0, 0.1) is 0 Å². The van der Waals surface area contributed by atoms with E-state index in [-0.39, 0.29) is 0 Å². The number of piperidine rings is 2. The molecular weight excluding hydrogens is 204 g/mol. The lowest BCUT2D eigenvalue weighted by atomic mass is 10.00. The number of thiol groups is 1. The average molecular weight is 228 g/mol. The third kappa shape index (κ3) is 3.36. The van der Waals surface area contributed by atoms with Crippen molar-refractivity contribution in [2.45, 2.75) is 38.1 Å². The van der Waals surface area contributed by atoms with E-state index in [0.29, 0.717) is 0 Å². The van der Waals surface area contributed by atoms with Gasteiger partial charge in [-0.1, -0.05) is 6.42 Å². The van der Waals surface area contributed by atoms with Crippen LogP contribution < -0.4 is 0 Å². The number of rotatable bonds is 3. The molecule has 2 aliphatic heterocycles. The van der Waals surface area contributed by atoms with E-state index in [9.17, 15) is 0 Å². The molecule has 0 N–H and O–H groups in total. The van der Waals surface area contributed by atoms with Crippen molar-refractivity contribution in [1.29, 1.82) is 0 Å². The highest BCUT2D eigenvalue weighted by molar-refractivity contribution is 7.80. The number of likely N-dealkylation sites (tertiary alicyclic amines) is 2. The van der Waals surface area contributed by atoms with Crippen LogP contribution in [0.15, 0.2) is 0 Å². The van der Waals surface area contributed by atoms with E-state index in [1.807, 2.05) is 0 Å². The Kier molecular flexibility index (Phi) is 4.79. The zero-order valence-electron chi connectivity index (χ0n) is 9.70. The Morgan fingerprint density at radius 3 is 2.20 bits per heavy atom. The van der Waals surface area contributed by atoms with Crippen LogP contribution >= 0.6 is 12.6 Å². The van der Waals surface area contributed by atoms with Gasteiger partial charge < -0.3 is 9.80 Å². The lowest BCUT2D eigenvalue weighted by Crippen LogP contribution is -2.47. The molecule has 0 unspecified atom stereocenters. The van der Waals surface area contributed by atoms with Crippen molar-refractivity contribution in [3.05, 3.63) is 0 Å². The molecule has 3 heteroatoms. The largest absolute Gasteiger partial charge is 0.302 e. The van der Waals surface area contributed by atoms with Crippen LogP contribution in [-0.4, -0.2) is 54.3 Å². The Balaban J connectivity index is 1.72. The Labute approximate surface area is 99.4 Å². The van der Waals surface area contributed by atoms with Gasteiger partial charge in [0.1, 0.15) is 0 Å². The van der Waals surface area contributed by atoms with Gasteiger partial charge in [-0.2, -0.15) is 12.6 Å². The normalized spacial score (nSPS) is 27.0. The second-order valence-electron chi connectivity index (χ2n) is 4.89. The van der Waals surface area contributed by atoms with Gasteiger partial charge in [0.15, 0.2) is 0 Å². The van der Waals surface area contributed by atoms with Crippen molar-refractivity contribution in [2.24, 2.45) is 0 Å². The maximum absolute atomic E-state index is 4.30. The summed E-state index contributed by atoms with van der Waals surface area (Å²) in [5.41, 5.74) is 0. The van der Waals surface area contributed by atoms with Crippen LogP contribution in [0.4, 0.5) is 0 Å². The molecule has 2 saturated heterocycles. The van der Waals surface area contributed by atoms with Gasteiger partial charge in [-0.3, -0.25) is 0 Å². The molecule has 0 aliphatic carbocycles. The van der Waals surface area contributed by atoms with E-state index in [4.69, 9.17) is 0 Å². The minimum Gasteiger partial charge on any atom is -0.302 e. The molecule has 0 saturated carbocycles. The summed E-state index contributed by atoms with van der Waals surface area (Å²) < 4.78 is 0. The predicted octanol–water partition coefficient (Wildman–Crippen LogP) is 1.87. The summed E-state index contributed by atoms with van der Waals surface area (Å²) >= 11 is 4.30. The van der Waals surface area contributed by atoms with Crippen LogP contribution in [-0.2, 0) is 0 Å². The van der Waals surface area contributed by atoms with Crippen LogP contribution in [0.2, 0.25) is 0 Å². The van der Waals surface area contributed by atoms with Crippen LogP contribution in [0.1, 0.15) is 32.1 Å². The Hall–Kier alpha value is 0.270. The highest BCUT2D eigenvalue weighted by atomic mass is 32.1. The van der Waals surface area contributed by atoms with Crippen molar-refractivity contribution >= 4 is 12.6 Å². The Bertz CT molecular complexity index is 172. The molecule has 15 heavy (non-hydrogen) atoms. The van der Waals surface area contributed by atoms with Gasteiger partial charge in [-0.05, 0) is 51.9 Å². The van der Waals surface area contributed by atoms with E-state index in [1.54, 1.807) is 0 Å². The first kappa shape index (κ1) is 11.7. The second kappa shape index (κ2) is 6.12. The monoisotopic (exact) mass is 228 g/mol. The fourth-order valence-electron chi connectivity index (χ4n) is 2.93. The molecule has 0 spiro atoms. The van der Waals surface area contributed by atoms with Gasteiger partial charge in [-0.25, -0.2) is 0 Å². The highest BCUT2D eigenvalue weighted by Gasteiger charge is 2.24. The maximum Gasteiger partial charge on any atom is 0.0120 e. The summed E-state index contributed by atoms with van der Waals surface area (Å²) in [6.07, 6.45) is 7.07. The Morgan fingerprint density at radius 1 is 0.933 bits per heavy atom. The van der Waals surface area contributed by atoms with Crippen molar-refractivity contribution in [1.82, 2.24) is 9.80 Å². The maximum atomic E-state index is 4.30. The zero-order chi connectivity index (χ0) is 10.5. The molecule has 2 nitrogen and oxygen atoms in total. The first-order valence-electron chi connectivity index (χ1n) is 6.47. The van der Waals surface area contributed by atoms with Gasteiger partial charge >= 0.3 is 0 Å². The van der Waals surface area contributed by atoms with Crippen LogP contribution in [0.3, 0.4) is 0 Å². The molecule has 0 aromatic rings. The minimum atomic E-state index is 0.890. The molecular formula is C12H24N2S. The lowest BCUT2D eigenvalue weighted by molar-refractivity contribution is 0.0954. The van der Waals surface area contributed by atoms with Gasteiger partial charge in [0.2, 0.25) is 0 Å². The molecule has 2 fully saturated rings. The molecule has 0 bridgehead atoms. The molecule has 0 atom stereocenters. The van der Waals surface area contributed by atoms with Gasteiger partial charge in [0.25, 0.3) is 0 Å². The summed E-state index contributed by atoms with van der Waals surface area (Å²) in [5, 5.41) is 0. The van der Waals surface area contributed by atoms with E-state index in [2.05, 4.69) is 22.4 Å². The highest BCUT2D eigenvalue weighted by Crippen LogP contribution is 2.20. The van der Waals surface area contributed by atoms with Gasteiger partial charge in [0.05, 0.1) is 0 Å². The Morgan fingerprint density at radius 2 is 1.60 bits per heavy atom. The van der Waals surface area contributed by atoms with Gasteiger partial charge in [-0.15, -0.1) is 0 Å². The molecule has 0 aromatic carbocycles. The standard InChI is InChI=1S/C12H24N2S/c15-11-10-13-8-4-12(5-9-13)14-6-2-1-3-7-14/h12,15H,1-11H2. The molecule has 2 heterocycles. The molecule has 0 radical (unpaired) electrons. The topological polar surface area (TPSA) is 6.48 Å². The minimum absolute atomic E-state index is 0.890. The fraction of sp³-hybridized carbons (Fsp3) is 1.00. The van der Waals surface area contributed by atoms with Crippen LogP contribution in [0.25, 0.3) is 0 Å². The summed E-state index contributed by atoms with van der Waals surface area (Å²) in [7, 11) is 0. The smallest absolute Gasteiger partial charge is 0.0120 e. The number of nitrogens with zero attached hydrogens (tertiary/aromatic N) is 2. The molecule has 2 aliphatic rings. The van der Waals surface area contributed by atoms with E-state index in [0.717, 1.165) is 11.8 Å². The molecule has 2 rings (SSSR count). The first-order valence-corrected chi connectivity index (χ1v) is 7.10. The van der Waals surface area contributed by atoms with Crippen molar-refractivity contribution in [3.63, 3.8) is 0 Å². The quantitative estimate of drug-likeness (QED) is 0.737. The summed E-state index contributed by atoms with van der Waals surface area (Å²) in [5.74, 6) is 1.01. The van der Waals surface area contributed by atoms with Crippen LogP contribution in [0.5, 0.6) is 0 Å². The van der Waals surface area contributed by atoms with E-state index < -0.39 is 0 Å². The average Bonchev–Trinajstić information content (AvgIpc) is 2.32. The zero-order valence-corrected chi connectivity index (χ0v) is 10.6. The SMILES string of the molecule is SCCN1CCC(N2CCCCC2)CC1. The molecule has 0 amide bonds. The van der Waals surface area contributed by atoms with Crippen molar-refractivity contribution in [2.75, 3.05) is 38.5 Å². The summed E-state index contributed by atoms with van der Waals surface area (Å²) in [6.45, 7) is 6.48. The summed E-state index contributed by atoms with van der Waals surface area (Å²) in [4.78, 5) is 5.30. The van der Waals surface area contributed by atoms with Crippen molar-refractivity contribution < 1.29 is 0 Å². The third-order valence-corrected chi connectivity index (χ3v) is 4.08. The predicted molar refractivity (Wildman–Crippen MR) is 68.7 cm³/mol. The molecule has 88 valence electrons. The fourth-order valence-corrected chi connectivity index (χ4v) is 3.22. The third-order valence-electron chi connectivity index (χ3n) is 3.88. The van der Waals surface area contributed by atoms with E-state index in [1.165, 1.54) is 64.8 Å². The second-order valence-corrected chi connectivity index (χ2v) is 5.34. The van der Waals surface area contributed by atoms with E-state index >= 15 is 0 Å². The van der Waals surface area contributed by atoms with Gasteiger partial charge in [0, 0.05) is 18.3 Å². The number of hydrogen-bond donors (Lipinski definition) is 1.